The molecular formula is C22H27Cl2N3O5S. The van der Waals surface area contributed by atoms with Crippen molar-refractivity contribution in [3.05, 3.63) is 58.1 Å². The van der Waals surface area contributed by atoms with E-state index in [2.05, 4.69) is 5.32 Å². The highest BCUT2D eigenvalue weighted by molar-refractivity contribution is 7.92. The van der Waals surface area contributed by atoms with Crippen molar-refractivity contribution in [2.45, 2.75) is 25.9 Å². The van der Waals surface area contributed by atoms with Gasteiger partial charge in [-0.2, -0.15) is 0 Å². The number of halogens is 2. The number of rotatable bonds is 10. The SMILES string of the molecule is CCC(C(=O)NC)N(Cc1ccc(OC)cc1)C(=O)CN(c1ccc(Cl)c(Cl)c1)S(C)(=O)=O. The lowest BCUT2D eigenvalue weighted by atomic mass is 10.1. The number of nitrogens with zero attached hydrogens (tertiary/aromatic N) is 2. The lowest BCUT2D eigenvalue weighted by Gasteiger charge is -2.32. The van der Waals surface area contributed by atoms with Gasteiger partial charge in [0.2, 0.25) is 21.8 Å². The molecule has 0 fully saturated rings. The smallest absolute Gasteiger partial charge is 0.244 e. The summed E-state index contributed by atoms with van der Waals surface area (Å²) in [7, 11) is -0.816. The van der Waals surface area contributed by atoms with Crippen LogP contribution in [0.4, 0.5) is 5.69 Å². The van der Waals surface area contributed by atoms with Gasteiger partial charge in [-0.1, -0.05) is 42.3 Å². The molecule has 0 aliphatic carbocycles. The number of nitrogens with one attached hydrogen (secondary N) is 1. The van der Waals surface area contributed by atoms with Crippen LogP contribution < -0.4 is 14.4 Å². The minimum atomic E-state index is -3.85. The van der Waals surface area contributed by atoms with Crippen LogP contribution >= 0.6 is 23.2 Å². The fraction of sp³-hybridized carbons (Fsp3) is 0.364. The number of likely N-dealkylation sites (N-methyl/N-ethyl adjacent to an activating group) is 1. The van der Waals surface area contributed by atoms with Gasteiger partial charge in [0, 0.05) is 13.6 Å². The van der Waals surface area contributed by atoms with Crippen molar-refractivity contribution >= 4 is 50.7 Å². The van der Waals surface area contributed by atoms with Crippen LogP contribution in [0.1, 0.15) is 18.9 Å². The molecule has 0 saturated carbocycles. The highest BCUT2D eigenvalue weighted by atomic mass is 35.5. The molecular weight excluding hydrogens is 489 g/mol. The molecule has 1 unspecified atom stereocenters. The number of hydrogen-bond acceptors (Lipinski definition) is 5. The molecule has 0 aliphatic rings. The topological polar surface area (TPSA) is 96.0 Å². The van der Waals surface area contributed by atoms with E-state index in [4.69, 9.17) is 27.9 Å². The lowest BCUT2D eigenvalue weighted by molar-refractivity contribution is -0.140. The Morgan fingerprint density at radius 2 is 1.73 bits per heavy atom. The van der Waals surface area contributed by atoms with Gasteiger partial charge in [-0.3, -0.25) is 13.9 Å². The Kier molecular flexibility index (Phi) is 9.39. The number of amides is 2. The number of sulfonamides is 1. The van der Waals surface area contributed by atoms with Crippen LogP contribution in [0.5, 0.6) is 5.75 Å². The van der Waals surface area contributed by atoms with Crippen LogP contribution in [0, 0.1) is 0 Å². The summed E-state index contributed by atoms with van der Waals surface area (Å²) in [6.07, 6.45) is 1.33. The maximum Gasteiger partial charge on any atom is 0.244 e. The number of methoxy groups -OCH3 is 1. The lowest BCUT2D eigenvalue weighted by Crippen LogP contribution is -2.51. The first-order valence-electron chi connectivity index (χ1n) is 10.1. The van der Waals surface area contributed by atoms with Crippen molar-refractivity contribution in [3.63, 3.8) is 0 Å². The number of benzene rings is 2. The zero-order valence-corrected chi connectivity index (χ0v) is 21.2. The third kappa shape index (κ3) is 6.99. The Bertz CT molecular complexity index is 1090. The maximum absolute atomic E-state index is 13.4. The molecule has 0 radical (unpaired) electrons. The first kappa shape index (κ1) is 26.8. The monoisotopic (exact) mass is 515 g/mol. The molecule has 0 aromatic heterocycles. The highest BCUT2D eigenvalue weighted by Crippen LogP contribution is 2.28. The fourth-order valence-electron chi connectivity index (χ4n) is 3.27. The van der Waals surface area contributed by atoms with Crippen molar-refractivity contribution in [2.75, 3.05) is 31.3 Å². The highest BCUT2D eigenvalue weighted by Gasteiger charge is 2.31. The standard InChI is InChI=1S/C22H27Cl2N3O5S/c1-5-20(22(29)25-2)26(13-15-6-9-17(32-3)10-7-15)21(28)14-27(33(4,30)31)16-8-11-18(23)19(24)12-16/h6-12,20H,5,13-14H2,1-4H3,(H,25,29). The summed E-state index contributed by atoms with van der Waals surface area (Å²) in [5.41, 5.74) is 0.949. The van der Waals surface area contributed by atoms with Crippen LogP contribution in [0.2, 0.25) is 10.0 Å². The number of hydrogen-bond donors (Lipinski definition) is 1. The predicted molar refractivity (Wildman–Crippen MR) is 130 cm³/mol. The average Bonchev–Trinajstić information content (AvgIpc) is 2.78. The molecule has 0 spiro atoms. The number of anilines is 1. The van der Waals surface area contributed by atoms with Crippen LogP contribution in [-0.4, -0.2) is 58.1 Å². The van der Waals surface area contributed by atoms with Gasteiger partial charge in [-0.25, -0.2) is 8.42 Å². The normalized spacial score (nSPS) is 12.1. The van der Waals surface area contributed by atoms with Crippen LogP contribution in [0.3, 0.4) is 0 Å². The van der Waals surface area contributed by atoms with E-state index in [1.165, 1.54) is 30.1 Å². The van der Waals surface area contributed by atoms with Gasteiger partial charge in [0.25, 0.3) is 0 Å². The molecule has 11 heteroatoms. The first-order chi connectivity index (χ1) is 15.5. The van der Waals surface area contributed by atoms with Gasteiger partial charge in [0.1, 0.15) is 18.3 Å². The van der Waals surface area contributed by atoms with Gasteiger partial charge in [-0.15, -0.1) is 0 Å². The van der Waals surface area contributed by atoms with Gasteiger partial charge in [-0.05, 0) is 42.3 Å². The second-order valence-electron chi connectivity index (χ2n) is 7.28. The molecule has 2 rings (SSSR count). The van der Waals surface area contributed by atoms with E-state index in [9.17, 15) is 18.0 Å². The molecule has 2 amide bonds. The van der Waals surface area contributed by atoms with Crippen molar-refractivity contribution in [3.8, 4) is 5.75 Å². The summed E-state index contributed by atoms with van der Waals surface area (Å²) in [5.74, 6) is -0.240. The third-order valence-electron chi connectivity index (χ3n) is 5.01. The molecule has 2 aromatic rings. The molecule has 0 saturated heterocycles. The maximum atomic E-state index is 13.4. The summed E-state index contributed by atoms with van der Waals surface area (Å²) < 4.78 is 31.2. The summed E-state index contributed by atoms with van der Waals surface area (Å²) in [6, 6.07) is 10.6. The second kappa shape index (κ2) is 11.6. The molecule has 0 bridgehead atoms. The number of carbonyl (C=O) groups is 2. The van der Waals surface area contributed by atoms with E-state index in [1.54, 1.807) is 38.3 Å². The van der Waals surface area contributed by atoms with Gasteiger partial charge < -0.3 is 15.0 Å². The zero-order valence-electron chi connectivity index (χ0n) is 18.8. The Morgan fingerprint density at radius 3 is 2.21 bits per heavy atom. The van der Waals surface area contributed by atoms with Crippen LogP contribution in [0.15, 0.2) is 42.5 Å². The molecule has 180 valence electrons. The summed E-state index contributed by atoms with van der Waals surface area (Å²) in [6.45, 7) is 1.37. The Labute approximate surface area is 204 Å². The molecule has 0 heterocycles. The van der Waals surface area contributed by atoms with Gasteiger partial charge in [0.05, 0.1) is 29.1 Å². The number of carbonyl (C=O) groups excluding carboxylic acids is 2. The van der Waals surface area contributed by atoms with Crippen LogP contribution in [-0.2, 0) is 26.2 Å². The van der Waals surface area contributed by atoms with Crippen molar-refractivity contribution in [1.82, 2.24) is 10.2 Å². The second-order valence-corrected chi connectivity index (χ2v) is 10.00. The van der Waals surface area contributed by atoms with E-state index >= 15 is 0 Å². The van der Waals surface area contributed by atoms with E-state index in [-0.39, 0.29) is 28.2 Å². The predicted octanol–water partition coefficient (Wildman–Crippen LogP) is 3.32. The fourth-order valence-corrected chi connectivity index (χ4v) is 4.40. The van der Waals surface area contributed by atoms with E-state index < -0.39 is 28.5 Å². The minimum Gasteiger partial charge on any atom is -0.497 e. The summed E-state index contributed by atoms with van der Waals surface area (Å²) in [4.78, 5) is 27.3. The van der Waals surface area contributed by atoms with E-state index in [0.717, 1.165) is 16.1 Å². The Hall–Kier alpha value is -2.49. The van der Waals surface area contributed by atoms with Gasteiger partial charge in [0.15, 0.2) is 0 Å². The van der Waals surface area contributed by atoms with Gasteiger partial charge >= 0.3 is 0 Å². The number of ether oxygens (including phenoxy) is 1. The molecule has 33 heavy (non-hydrogen) atoms. The average molecular weight is 516 g/mol. The molecule has 1 atom stereocenters. The minimum absolute atomic E-state index is 0.105. The first-order valence-corrected chi connectivity index (χ1v) is 12.7. The molecule has 0 aliphatic heterocycles. The molecule has 8 nitrogen and oxygen atoms in total. The van der Waals surface area contributed by atoms with Crippen molar-refractivity contribution in [1.29, 1.82) is 0 Å². The summed E-state index contributed by atoms with van der Waals surface area (Å²) >= 11 is 12.0. The van der Waals surface area contributed by atoms with Crippen molar-refractivity contribution < 1.29 is 22.7 Å². The largest absolute Gasteiger partial charge is 0.497 e. The molecule has 2 aromatic carbocycles. The van der Waals surface area contributed by atoms with Crippen LogP contribution in [0.25, 0.3) is 0 Å². The third-order valence-corrected chi connectivity index (χ3v) is 6.89. The quantitative estimate of drug-likeness (QED) is 0.523. The van der Waals surface area contributed by atoms with E-state index in [1.807, 2.05) is 0 Å². The molecule has 1 N–H and O–H groups in total. The Balaban J connectivity index is 2.43. The van der Waals surface area contributed by atoms with E-state index in [0.29, 0.717) is 12.2 Å². The van der Waals surface area contributed by atoms with Crippen molar-refractivity contribution in [2.24, 2.45) is 0 Å². The zero-order chi connectivity index (χ0) is 24.8. The Morgan fingerprint density at radius 1 is 1.09 bits per heavy atom. The summed E-state index contributed by atoms with van der Waals surface area (Å²) in [5, 5.41) is 2.98.